The summed E-state index contributed by atoms with van der Waals surface area (Å²) < 4.78 is 4.90. The molecular weight excluding hydrogens is 152 g/mol. The van der Waals surface area contributed by atoms with Gasteiger partial charge >= 0.3 is 6.01 Å². The van der Waals surface area contributed by atoms with E-state index in [2.05, 4.69) is 16.9 Å². The maximum Gasteiger partial charge on any atom is 0.316 e. The first-order valence-electron chi connectivity index (χ1n) is 4.02. The number of hydrogen-bond donors (Lipinski definition) is 0. The van der Waals surface area contributed by atoms with Crippen LogP contribution in [0.1, 0.15) is 18.5 Å². The van der Waals surface area contributed by atoms with Gasteiger partial charge in [0.1, 0.15) is 0 Å². The molecule has 1 heterocycles. The molecule has 0 saturated carbocycles. The van der Waals surface area contributed by atoms with E-state index in [0.717, 1.165) is 25.0 Å². The fourth-order valence-electron chi connectivity index (χ4n) is 0.920. The maximum atomic E-state index is 4.90. The molecule has 3 nitrogen and oxygen atoms in total. The number of rotatable bonds is 4. The summed E-state index contributed by atoms with van der Waals surface area (Å²) in [7, 11) is 1.57. The van der Waals surface area contributed by atoms with Crippen LogP contribution >= 0.6 is 0 Å². The summed E-state index contributed by atoms with van der Waals surface area (Å²) in [6.45, 7) is 3.77. The van der Waals surface area contributed by atoms with Gasteiger partial charge in [0, 0.05) is 11.9 Å². The van der Waals surface area contributed by atoms with Gasteiger partial charge in [0.2, 0.25) is 0 Å². The summed E-state index contributed by atoms with van der Waals surface area (Å²) >= 11 is 0. The normalized spacial score (nSPS) is 9.83. The zero-order valence-electron chi connectivity index (χ0n) is 7.29. The van der Waals surface area contributed by atoms with Crippen LogP contribution in [0.25, 0.3) is 0 Å². The fourth-order valence-corrected chi connectivity index (χ4v) is 0.920. The van der Waals surface area contributed by atoms with Gasteiger partial charge in [-0.3, -0.25) is 0 Å². The summed E-state index contributed by atoms with van der Waals surface area (Å²) in [6, 6.07) is 2.34. The molecule has 0 N–H and O–H groups in total. The first-order valence-corrected chi connectivity index (χ1v) is 4.02. The van der Waals surface area contributed by atoms with E-state index in [0.29, 0.717) is 6.01 Å². The predicted molar refractivity (Wildman–Crippen MR) is 46.9 cm³/mol. The van der Waals surface area contributed by atoms with Gasteiger partial charge in [-0.05, 0) is 18.9 Å². The Hall–Kier alpha value is -1.12. The van der Waals surface area contributed by atoms with Gasteiger partial charge in [0.05, 0.1) is 7.11 Å². The molecule has 65 valence electrons. The average molecular weight is 165 g/mol. The Balaban J connectivity index is 2.60. The summed E-state index contributed by atoms with van der Waals surface area (Å²) in [4.78, 5) is 8.08. The molecule has 0 fully saturated rings. The van der Waals surface area contributed by atoms with Crippen LogP contribution in [0, 0.1) is 6.92 Å². The zero-order chi connectivity index (χ0) is 8.81. The molecule has 1 rings (SSSR count). The highest BCUT2D eigenvalue weighted by Crippen LogP contribution is 2.05. The third-order valence-corrected chi connectivity index (χ3v) is 1.56. The van der Waals surface area contributed by atoms with Gasteiger partial charge in [-0.25, -0.2) is 9.97 Å². The number of methoxy groups -OCH3 is 1. The molecule has 0 bridgehead atoms. The van der Waals surface area contributed by atoms with Crippen LogP contribution in [-0.2, 0) is 6.42 Å². The molecule has 0 unspecified atom stereocenters. The number of ether oxygens (including phenoxy) is 1. The van der Waals surface area contributed by atoms with Gasteiger partial charge in [0.25, 0.3) is 0 Å². The van der Waals surface area contributed by atoms with Crippen molar-refractivity contribution in [3.05, 3.63) is 24.9 Å². The fraction of sp³-hybridized carbons (Fsp3) is 0.444. The van der Waals surface area contributed by atoms with E-state index in [1.807, 2.05) is 6.07 Å². The molecule has 0 saturated heterocycles. The van der Waals surface area contributed by atoms with Crippen molar-refractivity contribution in [3.8, 4) is 6.01 Å². The molecule has 1 radical (unpaired) electrons. The number of nitrogens with zero attached hydrogens (tertiary/aromatic N) is 2. The van der Waals surface area contributed by atoms with E-state index in [1.165, 1.54) is 0 Å². The van der Waals surface area contributed by atoms with E-state index < -0.39 is 0 Å². The third kappa shape index (κ3) is 2.49. The highest BCUT2D eigenvalue weighted by molar-refractivity contribution is 5.05. The van der Waals surface area contributed by atoms with Gasteiger partial charge in [-0.15, -0.1) is 0 Å². The van der Waals surface area contributed by atoms with Crippen molar-refractivity contribution in [1.82, 2.24) is 9.97 Å². The molecule has 0 atom stereocenters. The largest absolute Gasteiger partial charge is 0.467 e. The SMILES string of the molecule is [CH2]CCCc1ccnc(OC)n1. The second kappa shape index (κ2) is 4.70. The highest BCUT2D eigenvalue weighted by Gasteiger charge is 1.97. The zero-order valence-corrected chi connectivity index (χ0v) is 7.29. The van der Waals surface area contributed by atoms with E-state index in [9.17, 15) is 0 Å². The minimum atomic E-state index is 0.441. The Morgan fingerprint density at radius 2 is 2.42 bits per heavy atom. The second-order valence-corrected chi connectivity index (χ2v) is 2.49. The van der Waals surface area contributed by atoms with Crippen LogP contribution in [0.3, 0.4) is 0 Å². The molecule has 12 heavy (non-hydrogen) atoms. The van der Waals surface area contributed by atoms with Crippen molar-refractivity contribution in [1.29, 1.82) is 0 Å². The first-order chi connectivity index (χ1) is 5.86. The van der Waals surface area contributed by atoms with E-state index in [-0.39, 0.29) is 0 Å². The average Bonchev–Trinajstić information content (AvgIpc) is 2.15. The van der Waals surface area contributed by atoms with Crippen molar-refractivity contribution < 1.29 is 4.74 Å². The Morgan fingerprint density at radius 3 is 3.08 bits per heavy atom. The van der Waals surface area contributed by atoms with Gasteiger partial charge in [-0.1, -0.05) is 13.3 Å². The van der Waals surface area contributed by atoms with E-state index in [4.69, 9.17) is 4.74 Å². The van der Waals surface area contributed by atoms with Gasteiger partial charge in [-0.2, -0.15) is 0 Å². The number of unbranched alkanes of at least 4 members (excludes halogenated alkanes) is 1. The summed E-state index contributed by atoms with van der Waals surface area (Å²) in [5, 5.41) is 0. The van der Waals surface area contributed by atoms with Crippen LogP contribution in [0.2, 0.25) is 0 Å². The van der Waals surface area contributed by atoms with Crippen LogP contribution < -0.4 is 4.74 Å². The molecular formula is C9H13N2O. The number of hydrogen-bond acceptors (Lipinski definition) is 3. The Kier molecular flexibility index (Phi) is 3.51. The molecule has 1 aromatic rings. The highest BCUT2D eigenvalue weighted by atomic mass is 16.5. The molecule has 0 spiro atoms. The molecule has 0 amide bonds. The van der Waals surface area contributed by atoms with Crippen LogP contribution in [0.4, 0.5) is 0 Å². The predicted octanol–water partition coefficient (Wildman–Crippen LogP) is 1.64. The monoisotopic (exact) mass is 165 g/mol. The lowest BCUT2D eigenvalue weighted by molar-refractivity contribution is 0.378. The van der Waals surface area contributed by atoms with Gasteiger partial charge < -0.3 is 4.74 Å². The van der Waals surface area contributed by atoms with Crippen molar-refractivity contribution in [3.63, 3.8) is 0 Å². The Bertz CT molecular complexity index is 238. The van der Waals surface area contributed by atoms with Crippen molar-refractivity contribution in [2.45, 2.75) is 19.3 Å². The molecule has 0 aromatic carbocycles. The van der Waals surface area contributed by atoms with E-state index in [1.54, 1.807) is 13.3 Å². The van der Waals surface area contributed by atoms with Crippen LogP contribution in [0.15, 0.2) is 12.3 Å². The Morgan fingerprint density at radius 1 is 1.58 bits per heavy atom. The van der Waals surface area contributed by atoms with Crippen molar-refractivity contribution >= 4 is 0 Å². The lowest BCUT2D eigenvalue weighted by Gasteiger charge is -2.00. The topological polar surface area (TPSA) is 35.0 Å². The summed E-state index contributed by atoms with van der Waals surface area (Å²) in [6.07, 6.45) is 4.65. The molecule has 0 aliphatic carbocycles. The maximum absolute atomic E-state index is 4.90. The standard InChI is InChI=1S/C9H13N2O/c1-3-4-5-8-6-7-10-9(11-8)12-2/h6-7H,1,3-5H2,2H3. The quantitative estimate of drug-likeness (QED) is 0.680. The van der Waals surface area contributed by atoms with E-state index >= 15 is 0 Å². The van der Waals surface area contributed by atoms with Crippen LogP contribution in [0.5, 0.6) is 6.01 Å². The molecule has 1 aromatic heterocycles. The van der Waals surface area contributed by atoms with Crippen LogP contribution in [-0.4, -0.2) is 17.1 Å². The molecule has 0 aliphatic heterocycles. The summed E-state index contributed by atoms with van der Waals surface area (Å²) in [5.41, 5.74) is 1.02. The Labute approximate surface area is 72.8 Å². The lowest BCUT2D eigenvalue weighted by atomic mass is 10.2. The van der Waals surface area contributed by atoms with Gasteiger partial charge in [0.15, 0.2) is 0 Å². The summed E-state index contributed by atoms with van der Waals surface area (Å²) in [5.74, 6) is 0. The first kappa shape index (κ1) is 8.97. The minimum absolute atomic E-state index is 0.441. The lowest BCUT2D eigenvalue weighted by Crippen LogP contribution is -1.95. The minimum Gasteiger partial charge on any atom is -0.467 e. The third-order valence-electron chi connectivity index (χ3n) is 1.56. The second-order valence-electron chi connectivity index (χ2n) is 2.49. The molecule has 3 heteroatoms. The van der Waals surface area contributed by atoms with Crippen molar-refractivity contribution in [2.24, 2.45) is 0 Å². The van der Waals surface area contributed by atoms with Crippen molar-refractivity contribution in [2.75, 3.05) is 7.11 Å². The number of aryl methyl sites for hydroxylation is 1. The smallest absolute Gasteiger partial charge is 0.316 e. The molecule has 0 aliphatic rings. The number of aromatic nitrogens is 2.